The number of rotatable bonds is 3. The summed E-state index contributed by atoms with van der Waals surface area (Å²) in [6, 6.07) is 7.98. The highest BCUT2D eigenvalue weighted by Gasteiger charge is 2.23. The van der Waals surface area contributed by atoms with Crippen LogP contribution in [0.4, 0.5) is 0 Å². The molecule has 21 heavy (non-hydrogen) atoms. The highest BCUT2D eigenvalue weighted by Crippen LogP contribution is 2.26. The zero-order valence-electron chi connectivity index (χ0n) is 12.3. The van der Waals surface area contributed by atoms with Crippen molar-refractivity contribution < 1.29 is 5.11 Å². The molecule has 2 aromatic rings. The van der Waals surface area contributed by atoms with Crippen LogP contribution in [-0.4, -0.2) is 34.2 Å². The number of aliphatic hydroxyl groups excluding tert-OH is 1. The van der Waals surface area contributed by atoms with Crippen LogP contribution in [0.2, 0.25) is 5.02 Å². The van der Waals surface area contributed by atoms with Crippen molar-refractivity contribution in [3.63, 3.8) is 0 Å². The predicted octanol–water partition coefficient (Wildman–Crippen LogP) is 3.48. The van der Waals surface area contributed by atoms with E-state index in [0.717, 1.165) is 48.4 Å². The van der Waals surface area contributed by atoms with E-state index in [1.165, 1.54) is 5.56 Å². The lowest BCUT2D eigenvalue weighted by Gasteiger charge is -2.33. The van der Waals surface area contributed by atoms with Gasteiger partial charge in [0.05, 0.1) is 11.6 Å². The van der Waals surface area contributed by atoms with Crippen molar-refractivity contribution in [2.45, 2.75) is 32.4 Å². The monoisotopic (exact) mass is 304 g/mol. The average Bonchev–Trinajstić information content (AvgIpc) is 2.47. The lowest BCUT2D eigenvalue weighted by atomic mass is 9.92. The van der Waals surface area contributed by atoms with Crippen LogP contribution in [0.5, 0.6) is 0 Å². The third-order valence-electron chi connectivity index (χ3n) is 4.46. The molecular formula is C17H21ClN2O. The molecule has 1 N–H and O–H groups in total. The quantitative estimate of drug-likeness (QED) is 0.943. The fourth-order valence-corrected chi connectivity index (χ4v) is 3.43. The number of hydrogen-bond acceptors (Lipinski definition) is 3. The second kappa shape index (κ2) is 6.30. The molecule has 0 spiro atoms. The molecule has 0 saturated carbocycles. The molecule has 4 heteroatoms. The number of fused-ring (bicyclic) bond motifs is 1. The molecule has 1 aliphatic heterocycles. The van der Waals surface area contributed by atoms with Gasteiger partial charge in [0.1, 0.15) is 0 Å². The summed E-state index contributed by atoms with van der Waals surface area (Å²) in [5.41, 5.74) is 2.23. The van der Waals surface area contributed by atoms with Gasteiger partial charge >= 0.3 is 0 Å². The summed E-state index contributed by atoms with van der Waals surface area (Å²) < 4.78 is 0. The molecule has 3 rings (SSSR count). The van der Waals surface area contributed by atoms with Gasteiger partial charge in [-0.15, -0.1) is 0 Å². The first kappa shape index (κ1) is 14.8. The van der Waals surface area contributed by atoms with Crippen LogP contribution in [0, 0.1) is 5.92 Å². The smallest absolute Gasteiger partial charge is 0.0747 e. The van der Waals surface area contributed by atoms with Crippen LogP contribution in [0.15, 0.2) is 30.5 Å². The number of hydrogen-bond donors (Lipinski definition) is 1. The van der Waals surface area contributed by atoms with E-state index in [4.69, 9.17) is 11.6 Å². The van der Waals surface area contributed by atoms with E-state index in [1.807, 2.05) is 31.3 Å². The molecular weight excluding hydrogens is 284 g/mol. The summed E-state index contributed by atoms with van der Waals surface area (Å²) in [5.74, 6) is 0.440. The van der Waals surface area contributed by atoms with Gasteiger partial charge in [0.25, 0.3) is 0 Å². The van der Waals surface area contributed by atoms with Crippen molar-refractivity contribution in [3.8, 4) is 0 Å². The molecule has 2 heterocycles. The largest absolute Gasteiger partial charge is 0.393 e. The summed E-state index contributed by atoms with van der Waals surface area (Å²) in [6.07, 6.45) is 3.76. The Morgan fingerprint density at radius 2 is 2.14 bits per heavy atom. The van der Waals surface area contributed by atoms with Crippen molar-refractivity contribution in [1.82, 2.24) is 9.88 Å². The van der Waals surface area contributed by atoms with Gasteiger partial charge < -0.3 is 5.11 Å². The fourth-order valence-electron chi connectivity index (χ4n) is 3.18. The summed E-state index contributed by atoms with van der Waals surface area (Å²) in [4.78, 5) is 6.93. The van der Waals surface area contributed by atoms with Crippen molar-refractivity contribution in [2.24, 2.45) is 5.92 Å². The van der Waals surface area contributed by atoms with E-state index in [9.17, 15) is 5.11 Å². The first-order valence-electron chi connectivity index (χ1n) is 7.57. The number of nitrogens with zero attached hydrogens (tertiary/aromatic N) is 2. The lowest BCUT2D eigenvalue weighted by molar-refractivity contribution is 0.0696. The fraction of sp³-hybridized carbons (Fsp3) is 0.471. The second-order valence-corrected chi connectivity index (χ2v) is 6.43. The van der Waals surface area contributed by atoms with Crippen molar-refractivity contribution in [3.05, 3.63) is 41.0 Å². The van der Waals surface area contributed by atoms with E-state index in [0.29, 0.717) is 5.92 Å². The van der Waals surface area contributed by atoms with E-state index >= 15 is 0 Å². The van der Waals surface area contributed by atoms with E-state index < -0.39 is 0 Å². The number of likely N-dealkylation sites (tertiary alicyclic amines) is 1. The lowest BCUT2D eigenvalue weighted by Crippen LogP contribution is -2.36. The van der Waals surface area contributed by atoms with Gasteiger partial charge in [-0.25, -0.2) is 0 Å². The molecule has 1 fully saturated rings. The van der Waals surface area contributed by atoms with E-state index in [1.54, 1.807) is 0 Å². The Kier molecular flexibility index (Phi) is 4.43. The molecule has 1 aromatic heterocycles. The first-order valence-corrected chi connectivity index (χ1v) is 7.95. The molecule has 1 aliphatic rings. The van der Waals surface area contributed by atoms with Gasteiger partial charge in [-0.1, -0.05) is 17.7 Å². The molecule has 0 amide bonds. The standard InChI is InChI=1S/C17H21ClN2O/c1-12(21)13-4-7-20(8-5-13)11-15-10-16(18)9-14-3-2-6-19-17(14)15/h2-3,6,9-10,12-13,21H,4-5,7-8,11H2,1H3. The molecule has 1 unspecified atom stereocenters. The topological polar surface area (TPSA) is 36.4 Å². The van der Waals surface area contributed by atoms with Crippen molar-refractivity contribution in [1.29, 1.82) is 0 Å². The molecule has 0 bridgehead atoms. The zero-order valence-corrected chi connectivity index (χ0v) is 13.1. The third kappa shape index (κ3) is 3.37. The minimum absolute atomic E-state index is 0.194. The maximum absolute atomic E-state index is 9.68. The van der Waals surface area contributed by atoms with Crippen molar-refractivity contribution in [2.75, 3.05) is 13.1 Å². The Bertz CT molecular complexity index is 621. The molecule has 0 radical (unpaired) electrons. The number of pyridine rings is 1. The van der Waals surface area contributed by atoms with Crippen LogP contribution in [-0.2, 0) is 6.54 Å². The number of halogens is 1. The van der Waals surface area contributed by atoms with Gasteiger partial charge in [-0.2, -0.15) is 0 Å². The summed E-state index contributed by atoms with van der Waals surface area (Å²) >= 11 is 6.23. The average molecular weight is 305 g/mol. The number of piperidine rings is 1. The third-order valence-corrected chi connectivity index (χ3v) is 4.68. The minimum Gasteiger partial charge on any atom is -0.393 e. The highest BCUT2D eigenvalue weighted by molar-refractivity contribution is 6.31. The summed E-state index contributed by atoms with van der Waals surface area (Å²) in [6.45, 7) is 4.82. The second-order valence-electron chi connectivity index (χ2n) is 5.99. The SMILES string of the molecule is CC(O)C1CCN(Cc2cc(Cl)cc3cccnc23)CC1. The van der Waals surface area contributed by atoms with Gasteiger partial charge in [0.2, 0.25) is 0 Å². The number of aliphatic hydroxyl groups is 1. The molecule has 112 valence electrons. The molecule has 1 saturated heterocycles. The molecule has 1 aromatic carbocycles. The summed E-state index contributed by atoms with van der Waals surface area (Å²) in [7, 11) is 0. The van der Waals surface area contributed by atoms with Gasteiger partial charge in [0.15, 0.2) is 0 Å². The highest BCUT2D eigenvalue weighted by atomic mass is 35.5. The van der Waals surface area contributed by atoms with Crippen LogP contribution in [0.1, 0.15) is 25.3 Å². The Hall–Kier alpha value is -1.16. The van der Waals surface area contributed by atoms with E-state index in [-0.39, 0.29) is 6.10 Å². The van der Waals surface area contributed by atoms with Crippen LogP contribution >= 0.6 is 11.6 Å². The van der Waals surface area contributed by atoms with Gasteiger partial charge in [-0.3, -0.25) is 9.88 Å². The maximum Gasteiger partial charge on any atom is 0.0747 e. The van der Waals surface area contributed by atoms with Crippen LogP contribution in [0.3, 0.4) is 0 Å². The number of benzene rings is 1. The van der Waals surface area contributed by atoms with Crippen LogP contribution < -0.4 is 0 Å². The van der Waals surface area contributed by atoms with Crippen molar-refractivity contribution >= 4 is 22.5 Å². The normalized spacial score (nSPS) is 19.0. The maximum atomic E-state index is 9.68. The minimum atomic E-state index is -0.194. The Morgan fingerprint density at radius 1 is 1.38 bits per heavy atom. The zero-order chi connectivity index (χ0) is 14.8. The van der Waals surface area contributed by atoms with Gasteiger partial charge in [0, 0.05) is 23.2 Å². The molecule has 1 atom stereocenters. The van der Waals surface area contributed by atoms with Gasteiger partial charge in [-0.05, 0) is 62.5 Å². The number of aromatic nitrogens is 1. The first-order chi connectivity index (χ1) is 10.1. The Balaban J connectivity index is 1.77. The Labute approximate surface area is 130 Å². The van der Waals surface area contributed by atoms with Crippen LogP contribution in [0.25, 0.3) is 10.9 Å². The molecule has 3 nitrogen and oxygen atoms in total. The Morgan fingerprint density at radius 3 is 2.86 bits per heavy atom. The van der Waals surface area contributed by atoms with E-state index in [2.05, 4.69) is 16.0 Å². The summed E-state index contributed by atoms with van der Waals surface area (Å²) in [5, 5.41) is 11.5. The molecule has 0 aliphatic carbocycles. The predicted molar refractivity (Wildman–Crippen MR) is 86.4 cm³/mol.